The van der Waals surface area contributed by atoms with E-state index in [4.69, 9.17) is 9.15 Å². The number of methoxy groups -OCH3 is 1. The molecule has 9 nitrogen and oxygen atoms in total. The number of esters is 1. The fourth-order valence-corrected chi connectivity index (χ4v) is 3.36. The summed E-state index contributed by atoms with van der Waals surface area (Å²) in [6, 6.07) is 10.2. The van der Waals surface area contributed by atoms with Crippen molar-refractivity contribution in [3.8, 4) is 0 Å². The van der Waals surface area contributed by atoms with Crippen molar-refractivity contribution in [2.45, 2.75) is 20.4 Å². The summed E-state index contributed by atoms with van der Waals surface area (Å²) in [7, 11) is 1.24. The van der Waals surface area contributed by atoms with E-state index in [0.29, 0.717) is 22.9 Å². The van der Waals surface area contributed by atoms with E-state index in [9.17, 15) is 19.2 Å². The maximum absolute atomic E-state index is 12.8. The van der Waals surface area contributed by atoms with Crippen LogP contribution in [0.3, 0.4) is 0 Å². The largest absolute Gasteiger partial charge is 0.465 e. The molecule has 1 aromatic carbocycles. The van der Waals surface area contributed by atoms with E-state index in [2.05, 4.69) is 17.2 Å². The lowest BCUT2D eigenvalue weighted by Gasteiger charge is -2.14. The van der Waals surface area contributed by atoms with E-state index in [1.54, 1.807) is 37.3 Å². The van der Waals surface area contributed by atoms with E-state index in [-0.39, 0.29) is 30.1 Å². The Bertz CT molecular complexity index is 1200. The average molecular weight is 463 g/mol. The number of amides is 3. The quantitative estimate of drug-likeness (QED) is 0.282. The van der Waals surface area contributed by atoms with E-state index in [1.165, 1.54) is 18.1 Å². The van der Waals surface area contributed by atoms with Gasteiger partial charge in [0.15, 0.2) is 0 Å². The first-order valence-electron chi connectivity index (χ1n) is 10.4. The van der Waals surface area contributed by atoms with Crippen LogP contribution in [0.25, 0.3) is 6.08 Å². The number of furan rings is 1. The molecule has 0 radical (unpaired) electrons. The Hall–Kier alpha value is -4.40. The van der Waals surface area contributed by atoms with Gasteiger partial charge in [-0.15, -0.1) is 6.58 Å². The normalized spacial score (nSPS) is 14.4. The molecule has 0 bridgehead atoms. The van der Waals surface area contributed by atoms with Gasteiger partial charge in [0, 0.05) is 17.9 Å². The smallest absolute Gasteiger partial charge is 0.340 e. The minimum absolute atomic E-state index is 0.0431. The van der Waals surface area contributed by atoms with Gasteiger partial charge < -0.3 is 24.7 Å². The Kier molecular flexibility index (Phi) is 7.47. The van der Waals surface area contributed by atoms with E-state index in [1.807, 2.05) is 19.1 Å². The molecule has 9 heteroatoms. The zero-order chi connectivity index (χ0) is 24.8. The number of allylic oxidation sites excluding steroid dienone is 1. The fraction of sp³-hybridized carbons (Fsp3) is 0.200. The number of nitrogens with zero attached hydrogens (tertiary/aromatic N) is 1. The molecule has 0 saturated carbocycles. The SMILES string of the molecule is C=CCN1C(=O)/C(=C/c2ccc(CNC(=O)C(=O)Nc3ccc(C)cc3)o2)C(C(=O)OC)=C1C. The van der Waals surface area contributed by atoms with Crippen LogP contribution in [0, 0.1) is 6.92 Å². The number of hydrogen-bond donors (Lipinski definition) is 2. The predicted octanol–water partition coefficient (Wildman–Crippen LogP) is 2.70. The maximum atomic E-state index is 12.8. The van der Waals surface area contributed by atoms with Gasteiger partial charge in [0.1, 0.15) is 11.5 Å². The Balaban J connectivity index is 1.68. The fourth-order valence-electron chi connectivity index (χ4n) is 3.36. The van der Waals surface area contributed by atoms with Gasteiger partial charge in [-0.2, -0.15) is 0 Å². The van der Waals surface area contributed by atoms with Crippen molar-refractivity contribution >= 4 is 35.5 Å². The zero-order valence-electron chi connectivity index (χ0n) is 19.1. The van der Waals surface area contributed by atoms with Crippen LogP contribution in [0.1, 0.15) is 24.0 Å². The number of anilines is 1. The van der Waals surface area contributed by atoms with Gasteiger partial charge in [-0.3, -0.25) is 14.4 Å². The van der Waals surface area contributed by atoms with E-state index < -0.39 is 17.8 Å². The number of hydrogen-bond acceptors (Lipinski definition) is 6. The molecular weight excluding hydrogens is 438 g/mol. The van der Waals surface area contributed by atoms with Crippen LogP contribution < -0.4 is 10.6 Å². The summed E-state index contributed by atoms with van der Waals surface area (Å²) in [6.45, 7) is 7.40. The molecule has 1 aliphatic rings. The first-order valence-corrected chi connectivity index (χ1v) is 10.4. The summed E-state index contributed by atoms with van der Waals surface area (Å²) in [5.74, 6) is -1.99. The highest BCUT2D eigenvalue weighted by molar-refractivity contribution is 6.39. The van der Waals surface area contributed by atoms with Gasteiger partial charge in [0.05, 0.1) is 24.8 Å². The molecule has 0 unspecified atom stereocenters. The van der Waals surface area contributed by atoms with Crippen molar-refractivity contribution in [2.24, 2.45) is 0 Å². The van der Waals surface area contributed by atoms with Crippen LogP contribution in [0.15, 0.2) is 70.3 Å². The highest BCUT2D eigenvalue weighted by Crippen LogP contribution is 2.31. The van der Waals surface area contributed by atoms with Gasteiger partial charge in [-0.1, -0.05) is 23.8 Å². The molecule has 0 saturated heterocycles. The lowest BCUT2D eigenvalue weighted by Crippen LogP contribution is -2.34. The van der Waals surface area contributed by atoms with Crippen molar-refractivity contribution in [1.29, 1.82) is 0 Å². The van der Waals surface area contributed by atoms with Crippen molar-refractivity contribution in [1.82, 2.24) is 10.2 Å². The average Bonchev–Trinajstić information content (AvgIpc) is 3.36. The third kappa shape index (κ3) is 5.32. The minimum Gasteiger partial charge on any atom is -0.465 e. The van der Waals surface area contributed by atoms with Crippen LogP contribution >= 0.6 is 0 Å². The summed E-state index contributed by atoms with van der Waals surface area (Å²) >= 11 is 0. The number of carbonyl (C=O) groups is 4. The number of benzene rings is 1. The van der Waals surface area contributed by atoms with E-state index in [0.717, 1.165) is 5.56 Å². The lowest BCUT2D eigenvalue weighted by molar-refractivity contribution is -0.136. The molecule has 1 aromatic heterocycles. The van der Waals surface area contributed by atoms with Gasteiger partial charge in [0.25, 0.3) is 5.91 Å². The number of aryl methyl sites for hydroxylation is 1. The van der Waals surface area contributed by atoms with Crippen LogP contribution in [0.4, 0.5) is 5.69 Å². The van der Waals surface area contributed by atoms with Gasteiger partial charge in [-0.25, -0.2) is 4.79 Å². The Labute approximate surface area is 196 Å². The van der Waals surface area contributed by atoms with Crippen LogP contribution in [-0.4, -0.2) is 42.2 Å². The summed E-state index contributed by atoms with van der Waals surface area (Å²) in [6.07, 6.45) is 3.00. The van der Waals surface area contributed by atoms with Gasteiger partial charge in [-0.05, 0) is 44.2 Å². The number of carbonyl (C=O) groups excluding carboxylic acids is 4. The van der Waals surface area contributed by atoms with Crippen LogP contribution in [0.2, 0.25) is 0 Å². The molecule has 176 valence electrons. The number of ether oxygens (including phenoxy) is 1. The summed E-state index contributed by atoms with van der Waals surface area (Å²) in [5.41, 5.74) is 2.28. The standard InChI is InChI=1S/C25H25N3O6/c1-5-12-28-16(3)21(25(32)33-4)20(24(28)31)13-18-10-11-19(34-18)14-26-22(29)23(30)27-17-8-6-15(2)7-9-17/h5-11,13H,1,12,14H2,2-4H3,(H,26,29)(H,27,30)/b20-13+. The third-order valence-electron chi connectivity index (χ3n) is 5.12. The van der Waals surface area contributed by atoms with Crippen molar-refractivity contribution < 1.29 is 28.3 Å². The second-order valence-electron chi connectivity index (χ2n) is 7.52. The summed E-state index contributed by atoms with van der Waals surface area (Å²) < 4.78 is 10.5. The summed E-state index contributed by atoms with van der Waals surface area (Å²) in [4.78, 5) is 50.7. The molecule has 0 aliphatic carbocycles. The highest BCUT2D eigenvalue weighted by atomic mass is 16.5. The Morgan fingerprint density at radius 3 is 2.44 bits per heavy atom. The summed E-state index contributed by atoms with van der Waals surface area (Å²) in [5, 5.41) is 4.99. The van der Waals surface area contributed by atoms with E-state index >= 15 is 0 Å². The molecule has 2 N–H and O–H groups in total. The maximum Gasteiger partial charge on any atom is 0.340 e. The highest BCUT2D eigenvalue weighted by Gasteiger charge is 2.36. The topological polar surface area (TPSA) is 118 Å². The lowest BCUT2D eigenvalue weighted by atomic mass is 10.1. The number of nitrogens with one attached hydrogen (secondary N) is 2. The molecule has 3 amide bonds. The van der Waals surface area contributed by atoms with Gasteiger partial charge in [0.2, 0.25) is 0 Å². The molecule has 1 aliphatic heterocycles. The molecule has 2 heterocycles. The molecule has 0 spiro atoms. The molecule has 0 fully saturated rings. The molecule has 34 heavy (non-hydrogen) atoms. The first-order chi connectivity index (χ1) is 16.2. The zero-order valence-corrected chi connectivity index (χ0v) is 19.1. The molecule has 2 aromatic rings. The second kappa shape index (κ2) is 10.5. The minimum atomic E-state index is -0.825. The Morgan fingerprint density at radius 1 is 1.09 bits per heavy atom. The van der Waals surface area contributed by atoms with Crippen molar-refractivity contribution in [3.63, 3.8) is 0 Å². The third-order valence-corrected chi connectivity index (χ3v) is 5.12. The number of rotatable bonds is 7. The molecule has 3 rings (SSSR count). The first kappa shape index (κ1) is 24.2. The monoisotopic (exact) mass is 463 g/mol. The molecule has 0 atom stereocenters. The molecular formula is C25H25N3O6. The van der Waals surface area contributed by atoms with Gasteiger partial charge >= 0.3 is 17.8 Å². The Morgan fingerprint density at radius 2 is 1.79 bits per heavy atom. The van der Waals surface area contributed by atoms with Crippen molar-refractivity contribution in [2.75, 3.05) is 19.0 Å². The van der Waals surface area contributed by atoms with Crippen molar-refractivity contribution in [3.05, 3.63) is 83.0 Å². The van der Waals surface area contributed by atoms with Crippen LogP contribution in [-0.2, 0) is 30.5 Å². The van der Waals surface area contributed by atoms with Crippen LogP contribution in [0.5, 0.6) is 0 Å². The second-order valence-corrected chi connectivity index (χ2v) is 7.52. The predicted molar refractivity (Wildman–Crippen MR) is 125 cm³/mol.